The van der Waals surface area contributed by atoms with Crippen molar-refractivity contribution in [3.8, 4) is 0 Å². The minimum atomic E-state index is -0.665. The first-order valence-corrected chi connectivity index (χ1v) is 3.96. The SMILES string of the molecule is Cl.O=Cc1cc2ccccc2n1CF. The largest absolute Gasteiger partial charge is 0.310 e. The highest BCUT2D eigenvalue weighted by Gasteiger charge is 2.05. The summed E-state index contributed by atoms with van der Waals surface area (Å²) < 4.78 is 13.9. The van der Waals surface area contributed by atoms with Gasteiger partial charge in [0.25, 0.3) is 0 Å². The third-order valence-corrected chi connectivity index (χ3v) is 2.08. The van der Waals surface area contributed by atoms with Crippen molar-refractivity contribution < 1.29 is 9.18 Å². The normalized spacial score (nSPS) is 9.79. The van der Waals surface area contributed by atoms with Crippen LogP contribution in [-0.4, -0.2) is 10.9 Å². The van der Waals surface area contributed by atoms with Crippen molar-refractivity contribution in [2.24, 2.45) is 0 Å². The van der Waals surface area contributed by atoms with Gasteiger partial charge in [0.1, 0.15) is 0 Å². The number of benzene rings is 1. The van der Waals surface area contributed by atoms with Crippen LogP contribution in [0.15, 0.2) is 30.3 Å². The molecule has 0 radical (unpaired) electrons. The Morgan fingerprint density at radius 2 is 2.07 bits per heavy atom. The van der Waals surface area contributed by atoms with Crippen LogP contribution in [-0.2, 0) is 6.80 Å². The molecular formula is C10H9ClFNO. The van der Waals surface area contributed by atoms with Crippen LogP contribution in [0.3, 0.4) is 0 Å². The molecule has 74 valence electrons. The molecule has 1 heterocycles. The van der Waals surface area contributed by atoms with E-state index in [0.29, 0.717) is 12.0 Å². The predicted molar refractivity (Wildman–Crippen MR) is 55.7 cm³/mol. The van der Waals surface area contributed by atoms with Gasteiger partial charge in [-0.2, -0.15) is 0 Å². The molecule has 0 fully saturated rings. The maximum atomic E-state index is 12.5. The fourth-order valence-electron chi connectivity index (χ4n) is 1.46. The van der Waals surface area contributed by atoms with E-state index in [4.69, 9.17) is 0 Å². The molecule has 0 unspecified atom stereocenters. The molecule has 0 saturated carbocycles. The molecule has 2 nitrogen and oxygen atoms in total. The van der Waals surface area contributed by atoms with E-state index in [9.17, 15) is 9.18 Å². The second-order valence-corrected chi connectivity index (χ2v) is 2.79. The average molecular weight is 214 g/mol. The summed E-state index contributed by atoms with van der Waals surface area (Å²) in [6.45, 7) is -0.665. The van der Waals surface area contributed by atoms with E-state index in [-0.39, 0.29) is 12.4 Å². The first-order valence-electron chi connectivity index (χ1n) is 3.96. The van der Waals surface area contributed by atoms with E-state index < -0.39 is 6.80 Å². The molecule has 0 bridgehead atoms. The van der Waals surface area contributed by atoms with Gasteiger partial charge in [-0.15, -0.1) is 12.4 Å². The van der Waals surface area contributed by atoms with Crippen LogP contribution in [0, 0.1) is 0 Å². The van der Waals surface area contributed by atoms with Crippen molar-refractivity contribution in [2.75, 3.05) is 0 Å². The summed E-state index contributed by atoms with van der Waals surface area (Å²) in [5, 5.41) is 0.891. The van der Waals surface area contributed by atoms with Gasteiger partial charge in [-0.3, -0.25) is 4.79 Å². The molecule has 0 aliphatic carbocycles. The zero-order chi connectivity index (χ0) is 9.26. The number of aromatic nitrogens is 1. The standard InChI is InChI=1S/C10H8FNO.ClH/c11-7-12-9(6-13)5-8-3-1-2-4-10(8)12;/h1-6H,7H2;1H. The van der Waals surface area contributed by atoms with Crippen molar-refractivity contribution in [1.29, 1.82) is 0 Å². The Balaban J connectivity index is 0.000000980. The van der Waals surface area contributed by atoms with Crippen LogP contribution in [0.25, 0.3) is 10.9 Å². The molecule has 0 aliphatic heterocycles. The lowest BCUT2D eigenvalue weighted by Gasteiger charge is -1.99. The Hall–Kier alpha value is -1.35. The Labute approximate surface area is 86.7 Å². The molecule has 0 amide bonds. The van der Waals surface area contributed by atoms with Gasteiger partial charge in [0, 0.05) is 5.39 Å². The van der Waals surface area contributed by atoms with E-state index in [1.807, 2.05) is 18.2 Å². The van der Waals surface area contributed by atoms with Crippen LogP contribution in [0.2, 0.25) is 0 Å². The van der Waals surface area contributed by atoms with Crippen LogP contribution in [0.1, 0.15) is 10.5 Å². The van der Waals surface area contributed by atoms with Crippen LogP contribution < -0.4 is 0 Å². The fourth-order valence-corrected chi connectivity index (χ4v) is 1.46. The maximum absolute atomic E-state index is 12.5. The topological polar surface area (TPSA) is 22.0 Å². The Morgan fingerprint density at radius 1 is 1.36 bits per heavy atom. The second-order valence-electron chi connectivity index (χ2n) is 2.79. The van der Waals surface area contributed by atoms with Gasteiger partial charge in [-0.05, 0) is 12.1 Å². The minimum absolute atomic E-state index is 0. The van der Waals surface area contributed by atoms with E-state index in [0.717, 1.165) is 10.9 Å². The zero-order valence-electron chi connectivity index (χ0n) is 7.31. The molecule has 0 N–H and O–H groups in total. The molecule has 0 aliphatic rings. The van der Waals surface area contributed by atoms with E-state index in [1.165, 1.54) is 4.57 Å². The van der Waals surface area contributed by atoms with Crippen molar-refractivity contribution >= 4 is 29.6 Å². The summed E-state index contributed by atoms with van der Waals surface area (Å²) in [6, 6.07) is 9.01. The van der Waals surface area contributed by atoms with Gasteiger partial charge in [-0.1, -0.05) is 18.2 Å². The number of aldehydes is 1. The Kier molecular flexibility index (Phi) is 3.25. The lowest BCUT2D eigenvalue weighted by molar-refractivity contribution is 0.111. The van der Waals surface area contributed by atoms with Crippen LogP contribution >= 0.6 is 12.4 Å². The summed E-state index contributed by atoms with van der Waals surface area (Å²) in [4.78, 5) is 10.6. The van der Waals surface area contributed by atoms with Crippen molar-refractivity contribution in [1.82, 2.24) is 4.57 Å². The third-order valence-electron chi connectivity index (χ3n) is 2.08. The zero-order valence-corrected chi connectivity index (χ0v) is 8.13. The number of hydrogen-bond donors (Lipinski definition) is 0. The van der Waals surface area contributed by atoms with Gasteiger partial charge >= 0.3 is 0 Å². The van der Waals surface area contributed by atoms with Crippen LogP contribution in [0.5, 0.6) is 0 Å². The number of hydrogen-bond acceptors (Lipinski definition) is 1. The average Bonchev–Trinajstić information content (AvgIpc) is 2.55. The highest BCUT2D eigenvalue weighted by molar-refractivity contribution is 5.88. The van der Waals surface area contributed by atoms with Gasteiger partial charge in [-0.25, -0.2) is 4.39 Å². The van der Waals surface area contributed by atoms with Gasteiger partial charge in [0.15, 0.2) is 13.1 Å². The molecule has 2 rings (SSSR count). The van der Waals surface area contributed by atoms with Gasteiger partial charge in [0.05, 0.1) is 11.2 Å². The highest BCUT2D eigenvalue weighted by Crippen LogP contribution is 2.18. The number of alkyl halides is 1. The molecular weight excluding hydrogens is 205 g/mol. The van der Waals surface area contributed by atoms with E-state index in [1.54, 1.807) is 12.1 Å². The minimum Gasteiger partial charge on any atom is -0.310 e. The molecule has 14 heavy (non-hydrogen) atoms. The summed E-state index contributed by atoms with van der Waals surface area (Å²) in [5.41, 5.74) is 1.14. The lowest BCUT2D eigenvalue weighted by Crippen LogP contribution is -1.97. The molecule has 1 aromatic heterocycles. The number of para-hydroxylation sites is 1. The molecule has 0 atom stereocenters. The number of fused-ring (bicyclic) bond motifs is 1. The predicted octanol–water partition coefficient (Wildman–Crippen LogP) is 2.80. The highest BCUT2D eigenvalue weighted by atomic mass is 35.5. The molecule has 4 heteroatoms. The van der Waals surface area contributed by atoms with Gasteiger partial charge in [0.2, 0.25) is 0 Å². The number of carbonyl (C=O) groups excluding carboxylic acids is 1. The molecule has 0 saturated heterocycles. The monoisotopic (exact) mass is 213 g/mol. The van der Waals surface area contributed by atoms with E-state index in [2.05, 4.69) is 0 Å². The van der Waals surface area contributed by atoms with Crippen molar-refractivity contribution in [3.05, 3.63) is 36.0 Å². The molecule has 2 aromatic rings. The van der Waals surface area contributed by atoms with Gasteiger partial charge < -0.3 is 4.57 Å². The first-order chi connectivity index (χ1) is 6.36. The summed E-state index contributed by atoms with van der Waals surface area (Å²) in [7, 11) is 0. The quantitative estimate of drug-likeness (QED) is 0.704. The molecule has 0 spiro atoms. The maximum Gasteiger partial charge on any atom is 0.166 e. The summed E-state index contributed by atoms with van der Waals surface area (Å²) >= 11 is 0. The number of halogens is 2. The lowest BCUT2D eigenvalue weighted by atomic mass is 10.2. The van der Waals surface area contributed by atoms with Crippen molar-refractivity contribution in [3.63, 3.8) is 0 Å². The number of carbonyl (C=O) groups is 1. The van der Waals surface area contributed by atoms with Crippen LogP contribution in [0.4, 0.5) is 4.39 Å². The molecule has 1 aromatic carbocycles. The fraction of sp³-hybridized carbons (Fsp3) is 0.100. The second kappa shape index (κ2) is 4.24. The smallest absolute Gasteiger partial charge is 0.166 e. The Bertz CT molecular complexity index is 452. The summed E-state index contributed by atoms with van der Waals surface area (Å²) in [5.74, 6) is 0. The summed E-state index contributed by atoms with van der Waals surface area (Å²) in [6.07, 6.45) is 0.666. The number of rotatable bonds is 2. The van der Waals surface area contributed by atoms with Crippen molar-refractivity contribution in [2.45, 2.75) is 6.80 Å². The number of nitrogens with zero attached hydrogens (tertiary/aromatic N) is 1. The Morgan fingerprint density at radius 3 is 2.71 bits per heavy atom. The van der Waals surface area contributed by atoms with E-state index >= 15 is 0 Å². The first kappa shape index (κ1) is 10.7. The third kappa shape index (κ3) is 1.51.